The van der Waals surface area contributed by atoms with Crippen LogP contribution in [0.3, 0.4) is 0 Å². The molecule has 0 unspecified atom stereocenters. The number of nitrogens with zero attached hydrogens (tertiary/aromatic N) is 2. The molecule has 4 heteroatoms. The molecule has 1 aliphatic rings. The number of hydrogen-bond donors (Lipinski definition) is 1. The minimum Gasteiger partial charge on any atom is -0.348 e. The van der Waals surface area contributed by atoms with Gasteiger partial charge in [0.2, 0.25) is 5.91 Å². The first kappa shape index (κ1) is 17.4. The molecule has 0 radical (unpaired) electrons. The zero-order valence-electron chi connectivity index (χ0n) is 13.8. The Bertz CT molecular complexity index is 296. The van der Waals surface area contributed by atoms with Crippen molar-refractivity contribution in [3.63, 3.8) is 0 Å². The van der Waals surface area contributed by atoms with E-state index in [2.05, 4.69) is 18.7 Å². The van der Waals surface area contributed by atoms with Gasteiger partial charge < -0.3 is 10.6 Å². The van der Waals surface area contributed by atoms with Crippen molar-refractivity contribution in [1.82, 2.24) is 9.80 Å². The van der Waals surface area contributed by atoms with Gasteiger partial charge in [0.1, 0.15) is 0 Å². The molecule has 20 heavy (non-hydrogen) atoms. The molecule has 1 fully saturated rings. The maximum Gasteiger partial charge on any atom is 0.236 e. The van der Waals surface area contributed by atoms with Crippen LogP contribution in [0.5, 0.6) is 0 Å². The minimum atomic E-state index is 0.0490. The van der Waals surface area contributed by atoms with Crippen LogP contribution >= 0.6 is 0 Å². The molecule has 0 saturated heterocycles. The van der Waals surface area contributed by atoms with Crippen molar-refractivity contribution in [3.05, 3.63) is 0 Å². The standard InChI is InChI=1S/C16H33N3O/c1-5-11-19(12-15(20)18(3)4)16(13-17)9-7-14(6-2)8-10-16/h14H,5-13,17H2,1-4H3. The predicted octanol–water partition coefficient (Wildman–Crippen LogP) is 2.08. The molecule has 4 nitrogen and oxygen atoms in total. The summed E-state index contributed by atoms with van der Waals surface area (Å²) in [4.78, 5) is 16.1. The Morgan fingerprint density at radius 1 is 1.25 bits per heavy atom. The van der Waals surface area contributed by atoms with Crippen LogP contribution in [0.15, 0.2) is 0 Å². The molecule has 1 amide bonds. The number of rotatable bonds is 7. The molecule has 0 bridgehead atoms. The van der Waals surface area contributed by atoms with E-state index in [1.807, 2.05) is 14.1 Å². The van der Waals surface area contributed by atoms with E-state index in [1.54, 1.807) is 4.90 Å². The summed E-state index contributed by atoms with van der Waals surface area (Å²) in [6, 6.07) is 0. The van der Waals surface area contributed by atoms with Crippen LogP contribution in [0.2, 0.25) is 0 Å². The van der Waals surface area contributed by atoms with Gasteiger partial charge in [0.25, 0.3) is 0 Å². The first-order valence-electron chi connectivity index (χ1n) is 8.14. The van der Waals surface area contributed by atoms with Crippen LogP contribution in [-0.4, -0.2) is 55.0 Å². The summed E-state index contributed by atoms with van der Waals surface area (Å²) < 4.78 is 0. The fraction of sp³-hybridized carbons (Fsp3) is 0.938. The Hall–Kier alpha value is -0.610. The third-order valence-corrected chi connectivity index (χ3v) is 4.98. The molecule has 0 spiro atoms. The lowest BCUT2D eigenvalue weighted by Gasteiger charge is -2.47. The van der Waals surface area contributed by atoms with E-state index in [-0.39, 0.29) is 11.4 Å². The molecule has 1 aliphatic carbocycles. The summed E-state index contributed by atoms with van der Waals surface area (Å²) in [7, 11) is 3.66. The molecule has 0 aromatic carbocycles. The Labute approximate surface area is 124 Å². The summed E-state index contributed by atoms with van der Waals surface area (Å²) in [5, 5.41) is 0. The van der Waals surface area contributed by atoms with Crippen molar-refractivity contribution in [2.45, 2.75) is 57.9 Å². The normalized spacial score (nSPS) is 26.8. The quantitative estimate of drug-likeness (QED) is 0.778. The maximum absolute atomic E-state index is 12.1. The molecular formula is C16H33N3O. The zero-order valence-corrected chi connectivity index (χ0v) is 13.8. The lowest BCUT2D eigenvalue weighted by molar-refractivity contribution is -0.132. The molecule has 0 aromatic rings. The molecular weight excluding hydrogens is 250 g/mol. The van der Waals surface area contributed by atoms with E-state index in [0.29, 0.717) is 13.1 Å². The largest absolute Gasteiger partial charge is 0.348 e. The lowest BCUT2D eigenvalue weighted by atomic mass is 9.74. The highest BCUT2D eigenvalue weighted by Crippen LogP contribution is 2.37. The number of amides is 1. The van der Waals surface area contributed by atoms with Gasteiger partial charge in [-0.1, -0.05) is 20.3 Å². The Kier molecular flexibility index (Phi) is 6.96. The first-order chi connectivity index (χ1) is 9.49. The van der Waals surface area contributed by atoms with E-state index in [9.17, 15) is 4.79 Å². The molecule has 1 rings (SSSR count). The SMILES string of the molecule is CCCN(CC(=O)N(C)C)C1(CN)CCC(CC)CC1. The fourth-order valence-corrected chi connectivity index (χ4v) is 3.33. The van der Waals surface area contributed by atoms with Crippen LogP contribution in [0.25, 0.3) is 0 Å². The van der Waals surface area contributed by atoms with Crippen LogP contribution < -0.4 is 5.73 Å². The minimum absolute atomic E-state index is 0.0490. The molecule has 1 saturated carbocycles. The van der Waals surface area contributed by atoms with E-state index in [4.69, 9.17) is 5.73 Å². The van der Waals surface area contributed by atoms with Crippen LogP contribution in [0.4, 0.5) is 0 Å². The van der Waals surface area contributed by atoms with Gasteiger partial charge in [-0.2, -0.15) is 0 Å². The molecule has 2 N–H and O–H groups in total. The van der Waals surface area contributed by atoms with Crippen LogP contribution in [-0.2, 0) is 4.79 Å². The molecule has 0 atom stereocenters. The highest BCUT2D eigenvalue weighted by Gasteiger charge is 2.39. The van der Waals surface area contributed by atoms with E-state index in [1.165, 1.54) is 19.3 Å². The smallest absolute Gasteiger partial charge is 0.236 e. The maximum atomic E-state index is 12.1. The Balaban J connectivity index is 2.78. The number of likely N-dealkylation sites (N-methyl/N-ethyl adjacent to an activating group) is 1. The van der Waals surface area contributed by atoms with Crippen LogP contribution in [0, 0.1) is 5.92 Å². The molecule has 0 aliphatic heterocycles. The van der Waals surface area contributed by atoms with Gasteiger partial charge >= 0.3 is 0 Å². The van der Waals surface area contributed by atoms with E-state index in [0.717, 1.165) is 31.7 Å². The fourth-order valence-electron chi connectivity index (χ4n) is 3.33. The highest BCUT2D eigenvalue weighted by molar-refractivity contribution is 5.77. The lowest BCUT2D eigenvalue weighted by Crippen LogP contribution is -2.58. The molecule has 0 aromatic heterocycles. The van der Waals surface area contributed by atoms with Gasteiger partial charge in [-0.3, -0.25) is 9.69 Å². The summed E-state index contributed by atoms with van der Waals surface area (Å²) in [5.74, 6) is 1.03. The molecule has 0 heterocycles. The predicted molar refractivity (Wildman–Crippen MR) is 84.6 cm³/mol. The van der Waals surface area contributed by atoms with E-state index < -0.39 is 0 Å². The summed E-state index contributed by atoms with van der Waals surface area (Å²) in [6.45, 7) is 6.60. The summed E-state index contributed by atoms with van der Waals surface area (Å²) >= 11 is 0. The topological polar surface area (TPSA) is 49.6 Å². The van der Waals surface area contributed by atoms with Gasteiger partial charge in [-0.25, -0.2) is 0 Å². The number of hydrogen-bond acceptors (Lipinski definition) is 3. The second-order valence-electron chi connectivity index (χ2n) is 6.49. The van der Waals surface area contributed by atoms with Crippen LogP contribution in [0.1, 0.15) is 52.4 Å². The van der Waals surface area contributed by atoms with Gasteiger partial charge in [0.05, 0.1) is 6.54 Å². The van der Waals surface area contributed by atoms with E-state index >= 15 is 0 Å². The van der Waals surface area contributed by atoms with Gasteiger partial charge in [-0.15, -0.1) is 0 Å². The highest BCUT2D eigenvalue weighted by atomic mass is 16.2. The number of nitrogens with two attached hydrogens (primary N) is 1. The number of carbonyl (C=O) groups is 1. The second-order valence-corrected chi connectivity index (χ2v) is 6.49. The van der Waals surface area contributed by atoms with Crippen molar-refractivity contribution in [2.24, 2.45) is 11.7 Å². The Morgan fingerprint density at radius 2 is 1.85 bits per heavy atom. The van der Waals surface area contributed by atoms with Crippen molar-refractivity contribution >= 4 is 5.91 Å². The van der Waals surface area contributed by atoms with Gasteiger partial charge in [0, 0.05) is 26.2 Å². The van der Waals surface area contributed by atoms with Crippen molar-refractivity contribution in [2.75, 3.05) is 33.7 Å². The third kappa shape index (κ3) is 4.19. The van der Waals surface area contributed by atoms with Gasteiger partial charge in [-0.05, 0) is 44.6 Å². The van der Waals surface area contributed by atoms with Crippen molar-refractivity contribution < 1.29 is 4.79 Å². The summed E-state index contributed by atoms with van der Waals surface area (Å²) in [6.07, 6.45) is 7.13. The Morgan fingerprint density at radius 3 is 2.25 bits per heavy atom. The first-order valence-corrected chi connectivity index (χ1v) is 8.14. The summed E-state index contributed by atoms with van der Waals surface area (Å²) in [5.41, 5.74) is 6.19. The molecule has 118 valence electrons. The van der Waals surface area contributed by atoms with Crippen molar-refractivity contribution in [1.29, 1.82) is 0 Å². The number of carbonyl (C=O) groups excluding carboxylic acids is 1. The average molecular weight is 283 g/mol. The van der Waals surface area contributed by atoms with Crippen molar-refractivity contribution in [3.8, 4) is 0 Å². The average Bonchev–Trinajstić information content (AvgIpc) is 2.46. The van der Waals surface area contributed by atoms with Gasteiger partial charge in [0.15, 0.2) is 0 Å². The third-order valence-electron chi connectivity index (χ3n) is 4.98. The zero-order chi connectivity index (χ0) is 15.2. The monoisotopic (exact) mass is 283 g/mol. The second kappa shape index (κ2) is 7.99.